The van der Waals surface area contributed by atoms with Crippen molar-refractivity contribution in [3.63, 3.8) is 0 Å². The zero-order valence-corrected chi connectivity index (χ0v) is 21.6. The van der Waals surface area contributed by atoms with E-state index in [0.29, 0.717) is 11.5 Å². The highest BCUT2D eigenvalue weighted by Gasteiger charge is 2.21. The highest BCUT2D eigenvalue weighted by Crippen LogP contribution is 2.34. The third-order valence-electron chi connectivity index (χ3n) is 7.40. The number of unbranched alkanes of at least 4 members (excludes halogenated alkanes) is 2. The predicted octanol–water partition coefficient (Wildman–Crippen LogP) is 9.46. The van der Waals surface area contributed by atoms with Crippen molar-refractivity contribution in [2.24, 2.45) is 11.8 Å². The molecule has 3 aromatic carbocycles. The summed E-state index contributed by atoms with van der Waals surface area (Å²) in [6.07, 6.45) is 10.7. The van der Waals surface area contributed by atoms with Crippen molar-refractivity contribution in [1.29, 1.82) is 0 Å². The van der Waals surface area contributed by atoms with Crippen LogP contribution in [-0.2, 0) is 0 Å². The van der Waals surface area contributed by atoms with Crippen LogP contribution >= 0.6 is 0 Å². The molecule has 0 bridgehead atoms. The summed E-state index contributed by atoms with van der Waals surface area (Å²) in [5.74, 6) is 0.574. The Hall–Kier alpha value is -2.88. The maximum Gasteiger partial charge on any atom is 0.201 e. The first-order valence-corrected chi connectivity index (χ1v) is 13.5. The van der Waals surface area contributed by atoms with Gasteiger partial charge in [-0.25, -0.2) is 4.39 Å². The van der Waals surface area contributed by atoms with Crippen molar-refractivity contribution < 1.29 is 18.3 Å². The van der Waals surface area contributed by atoms with Gasteiger partial charge in [-0.3, -0.25) is 0 Å². The number of halogens is 2. The van der Waals surface area contributed by atoms with E-state index in [1.54, 1.807) is 13.0 Å². The van der Waals surface area contributed by atoms with Gasteiger partial charge < -0.3 is 9.47 Å². The molecule has 1 aliphatic rings. The fraction of sp³-hybridized carbons (Fsp3) is 0.438. The summed E-state index contributed by atoms with van der Waals surface area (Å²) in [4.78, 5) is 0. The van der Waals surface area contributed by atoms with Crippen LogP contribution in [0.15, 0.2) is 60.7 Å². The SMILES string of the molecule is CCCCCC1CCC(COc2ccc(-c3ccc(-c4ccc(OCC)c(F)c4F)cc3)cc2)CC1. The first-order valence-electron chi connectivity index (χ1n) is 13.5. The van der Waals surface area contributed by atoms with Crippen molar-refractivity contribution in [1.82, 2.24) is 0 Å². The van der Waals surface area contributed by atoms with Crippen molar-refractivity contribution >= 4 is 0 Å². The Kier molecular flexibility index (Phi) is 9.38. The fourth-order valence-corrected chi connectivity index (χ4v) is 5.19. The van der Waals surface area contributed by atoms with E-state index in [9.17, 15) is 8.78 Å². The summed E-state index contributed by atoms with van der Waals surface area (Å²) in [5.41, 5.74) is 2.91. The quantitative estimate of drug-likeness (QED) is 0.248. The molecular formula is C32H38F2O2. The smallest absolute Gasteiger partial charge is 0.201 e. The van der Waals surface area contributed by atoms with Crippen LogP contribution in [0.4, 0.5) is 8.78 Å². The molecule has 0 N–H and O–H groups in total. The lowest BCUT2D eigenvalue weighted by molar-refractivity contribution is 0.177. The molecule has 0 amide bonds. The lowest BCUT2D eigenvalue weighted by Crippen LogP contribution is -2.20. The molecule has 0 saturated heterocycles. The summed E-state index contributed by atoms with van der Waals surface area (Å²) in [5, 5.41) is 0. The van der Waals surface area contributed by atoms with E-state index in [1.165, 1.54) is 57.4 Å². The number of hydrogen-bond donors (Lipinski definition) is 0. The zero-order valence-electron chi connectivity index (χ0n) is 21.6. The molecule has 1 saturated carbocycles. The molecule has 0 atom stereocenters. The molecule has 0 spiro atoms. The second kappa shape index (κ2) is 12.9. The van der Waals surface area contributed by atoms with Gasteiger partial charge in [0.2, 0.25) is 5.82 Å². The van der Waals surface area contributed by atoms with E-state index in [0.717, 1.165) is 29.4 Å². The molecule has 0 aliphatic heterocycles. The molecule has 0 heterocycles. The Morgan fingerprint density at radius 1 is 0.667 bits per heavy atom. The summed E-state index contributed by atoms with van der Waals surface area (Å²) in [6, 6.07) is 18.6. The molecule has 4 rings (SSSR count). The van der Waals surface area contributed by atoms with Gasteiger partial charge in [-0.2, -0.15) is 4.39 Å². The van der Waals surface area contributed by atoms with Gasteiger partial charge in [0, 0.05) is 5.56 Å². The monoisotopic (exact) mass is 492 g/mol. The average molecular weight is 493 g/mol. The summed E-state index contributed by atoms with van der Waals surface area (Å²) in [6.45, 7) is 5.09. The Labute approximate surface area is 214 Å². The maximum absolute atomic E-state index is 14.6. The summed E-state index contributed by atoms with van der Waals surface area (Å²) in [7, 11) is 0. The van der Waals surface area contributed by atoms with Crippen molar-refractivity contribution in [3.8, 4) is 33.8 Å². The Balaban J connectivity index is 1.30. The normalized spacial score (nSPS) is 17.7. The minimum absolute atomic E-state index is 0.0623. The lowest BCUT2D eigenvalue weighted by Gasteiger charge is -2.28. The van der Waals surface area contributed by atoms with E-state index in [2.05, 4.69) is 6.92 Å². The van der Waals surface area contributed by atoms with Crippen LogP contribution in [0.1, 0.15) is 65.2 Å². The van der Waals surface area contributed by atoms with Gasteiger partial charge in [0.25, 0.3) is 0 Å². The molecule has 0 radical (unpaired) electrons. The molecule has 1 aliphatic carbocycles. The first kappa shape index (κ1) is 26.2. The minimum Gasteiger partial charge on any atom is -0.493 e. The minimum atomic E-state index is -0.950. The molecule has 2 nitrogen and oxygen atoms in total. The molecule has 3 aromatic rings. The van der Waals surface area contributed by atoms with Crippen molar-refractivity contribution in [2.45, 2.75) is 65.2 Å². The lowest BCUT2D eigenvalue weighted by atomic mass is 9.80. The van der Waals surface area contributed by atoms with Gasteiger partial charge in [0.05, 0.1) is 13.2 Å². The van der Waals surface area contributed by atoms with Gasteiger partial charge in [-0.05, 0) is 72.6 Å². The standard InChI is InChI=1S/C32H38F2O2/c1-3-5-6-7-23-8-10-24(11-9-23)22-36-28-18-16-26(17-19-28)25-12-14-27(15-13-25)29-20-21-30(35-4-2)32(34)31(29)33/h12-21,23-24H,3-11,22H2,1-2H3. The molecule has 1 fully saturated rings. The molecule has 192 valence electrons. The second-order valence-corrected chi connectivity index (χ2v) is 9.97. The topological polar surface area (TPSA) is 18.5 Å². The van der Waals surface area contributed by atoms with Gasteiger partial charge >= 0.3 is 0 Å². The van der Waals surface area contributed by atoms with E-state index < -0.39 is 11.6 Å². The first-order chi connectivity index (χ1) is 17.6. The van der Waals surface area contributed by atoms with Crippen LogP contribution in [0, 0.1) is 23.5 Å². The van der Waals surface area contributed by atoms with E-state index in [1.807, 2.05) is 48.5 Å². The Morgan fingerprint density at radius 2 is 1.28 bits per heavy atom. The van der Waals surface area contributed by atoms with Crippen LogP contribution in [-0.4, -0.2) is 13.2 Å². The maximum atomic E-state index is 14.6. The average Bonchev–Trinajstić information content (AvgIpc) is 2.92. The largest absolute Gasteiger partial charge is 0.493 e. The van der Waals surface area contributed by atoms with Gasteiger partial charge in [0.15, 0.2) is 11.6 Å². The molecular weight excluding hydrogens is 454 g/mol. The highest BCUT2D eigenvalue weighted by molar-refractivity contribution is 5.71. The Morgan fingerprint density at radius 3 is 1.92 bits per heavy atom. The van der Waals surface area contributed by atoms with Crippen LogP contribution in [0.25, 0.3) is 22.3 Å². The van der Waals surface area contributed by atoms with Crippen molar-refractivity contribution in [3.05, 3.63) is 72.3 Å². The fourth-order valence-electron chi connectivity index (χ4n) is 5.19. The van der Waals surface area contributed by atoms with Gasteiger partial charge in [-0.15, -0.1) is 0 Å². The van der Waals surface area contributed by atoms with Crippen LogP contribution in [0.5, 0.6) is 11.5 Å². The molecule has 0 aromatic heterocycles. The van der Waals surface area contributed by atoms with Crippen LogP contribution in [0.3, 0.4) is 0 Å². The second-order valence-electron chi connectivity index (χ2n) is 9.97. The third-order valence-corrected chi connectivity index (χ3v) is 7.40. The number of ether oxygens (including phenoxy) is 2. The van der Waals surface area contributed by atoms with E-state index >= 15 is 0 Å². The van der Waals surface area contributed by atoms with E-state index in [4.69, 9.17) is 9.47 Å². The predicted molar refractivity (Wildman–Crippen MR) is 143 cm³/mol. The number of rotatable bonds is 11. The highest BCUT2D eigenvalue weighted by atomic mass is 19.2. The summed E-state index contributed by atoms with van der Waals surface area (Å²) >= 11 is 0. The molecule has 0 unspecified atom stereocenters. The third kappa shape index (κ3) is 6.66. The van der Waals surface area contributed by atoms with E-state index in [-0.39, 0.29) is 17.9 Å². The molecule has 36 heavy (non-hydrogen) atoms. The van der Waals surface area contributed by atoms with Crippen LogP contribution in [0.2, 0.25) is 0 Å². The van der Waals surface area contributed by atoms with Crippen molar-refractivity contribution in [2.75, 3.05) is 13.2 Å². The summed E-state index contributed by atoms with van der Waals surface area (Å²) < 4.78 is 40.1. The molecule has 4 heteroatoms. The number of benzene rings is 3. The van der Waals surface area contributed by atoms with Gasteiger partial charge in [0.1, 0.15) is 5.75 Å². The zero-order chi connectivity index (χ0) is 25.3. The number of hydrogen-bond acceptors (Lipinski definition) is 2. The van der Waals surface area contributed by atoms with Gasteiger partial charge in [-0.1, -0.05) is 81.8 Å². The van der Waals surface area contributed by atoms with Crippen LogP contribution < -0.4 is 9.47 Å². The Bertz CT molecular complexity index is 1080.